The summed E-state index contributed by atoms with van der Waals surface area (Å²) in [5.74, 6) is 0.358. The maximum atomic E-state index is 13.3. The van der Waals surface area contributed by atoms with Crippen LogP contribution in [0.5, 0.6) is 0 Å². The van der Waals surface area contributed by atoms with E-state index in [9.17, 15) is 4.79 Å². The lowest BCUT2D eigenvalue weighted by Crippen LogP contribution is -2.15. The number of hydrogen-bond donors (Lipinski definition) is 1. The van der Waals surface area contributed by atoms with Gasteiger partial charge in [-0.05, 0) is 36.4 Å². The Balaban J connectivity index is 1.59. The van der Waals surface area contributed by atoms with E-state index in [-0.39, 0.29) is 5.91 Å². The Morgan fingerprint density at radius 3 is 2.69 bits per heavy atom. The molecule has 3 heterocycles. The van der Waals surface area contributed by atoms with Gasteiger partial charge in [0.1, 0.15) is 5.69 Å². The van der Waals surface area contributed by atoms with E-state index in [1.807, 2.05) is 54.6 Å². The van der Waals surface area contributed by atoms with Crippen LogP contribution in [0.1, 0.15) is 10.4 Å². The third-order valence-corrected chi connectivity index (χ3v) is 4.56. The molecule has 5 aromatic rings. The first-order valence-corrected chi connectivity index (χ1v) is 9.00. The lowest BCUT2D eigenvalue weighted by Gasteiger charge is -2.12. The number of rotatable bonds is 4. The largest absolute Gasteiger partial charge is 0.463 e. The van der Waals surface area contributed by atoms with Gasteiger partial charge in [0.05, 0.1) is 41.1 Å². The summed E-state index contributed by atoms with van der Waals surface area (Å²) in [7, 11) is 0. The molecule has 0 saturated carbocycles. The fraction of sp³-hybridized carbons (Fsp3) is 0. The number of hydrogen-bond acceptors (Lipinski definition) is 5. The Bertz CT molecular complexity index is 1290. The normalized spacial score (nSPS) is 10.9. The van der Waals surface area contributed by atoms with Crippen LogP contribution in [0.2, 0.25) is 0 Å². The molecule has 7 heteroatoms. The minimum absolute atomic E-state index is 0.246. The number of benzene rings is 2. The van der Waals surface area contributed by atoms with Gasteiger partial charge >= 0.3 is 0 Å². The van der Waals surface area contributed by atoms with Gasteiger partial charge in [-0.1, -0.05) is 35.5 Å². The second-order valence-corrected chi connectivity index (χ2v) is 6.37. The summed E-state index contributed by atoms with van der Waals surface area (Å²) in [6.07, 6.45) is 4.90. The Hall–Kier alpha value is -4.26. The zero-order valence-electron chi connectivity index (χ0n) is 15.2. The minimum Gasteiger partial charge on any atom is -0.463 e. The molecule has 2 aromatic carbocycles. The monoisotopic (exact) mass is 381 g/mol. The van der Waals surface area contributed by atoms with Crippen LogP contribution in [0.15, 0.2) is 89.8 Å². The quantitative estimate of drug-likeness (QED) is 0.501. The molecule has 0 atom stereocenters. The molecule has 0 aliphatic heterocycles. The topological polar surface area (TPSA) is 85.8 Å². The molecule has 0 saturated heterocycles. The highest BCUT2D eigenvalue weighted by Gasteiger charge is 2.16. The zero-order valence-corrected chi connectivity index (χ0v) is 15.2. The van der Waals surface area contributed by atoms with Crippen molar-refractivity contribution >= 4 is 22.5 Å². The van der Waals surface area contributed by atoms with Gasteiger partial charge < -0.3 is 9.73 Å². The average Bonchev–Trinajstić information content (AvgIpc) is 3.47. The van der Waals surface area contributed by atoms with Crippen molar-refractivity contribution in [3.8, 4) is 17.1 Å². The minimum atomic E-state index is -0.246. The van der Waals surface area contributed by atoms with Crippen molar-refractivity contribution in [1.29, 1.82) is 0 Å². The summed E-state index contributed by atoms with van der Waals surface area (Å²) in [6.45, 7) is 0. The third kappa shape index (κ3) is 3.14. The van der Waals surface area contributed by atoms with E-state index in [0.29, 0.717) is 22.7 Å². The van der Waals surface area contributed by atoms with Gasteiger partial charge in [0.15, 0.2) is 5.76 Å². The van der Waals surface area contributed by atoms with E-state index >= 15 is 0 Å². The lowest BCUT2D eigenvalue weighted by atomic mass is 10.1. The standard InChI is InChI=1S/C22H15N5O2/c28-22(25-18-8-3-4-9-20(18)27-12-11-23-26-27)16-14-19(21-10-5-13-29-21)24-17-7-2-1-6-15(16)17/h1-14H,(H,25,28). The van der Waals surface area contributed by atoms with Crippen LogP contribution in [-0.4, -0.2) is 25.9 Å². The second kappa shape index (κ2) is 7.05. The number of fused-ring (bicyclic) bond motifs is 1. The van der Waals surface area contributed by atoms with Crippen LogP contribution in [0.3, 0.4) is 0 Å². The van der Waals surface area contributed by atoms with Gasteiger partial charge in [0, 0.05) is 5.39 Å². The van der Waals surface area contributed by atoms with Gasteiger partial charge in [-0.15, -0.1) is 5.10 Å². The fourth-order valence-corrected chi connectivity index (χ4v) is 3.22. The summed E-state index contributed by atoms with van der Waals surface area (Å²) >= 11 is 0. The third-order valence-electron chi connectivity index (χ3n) is 4.56. The maximum Gasteiger partial charge on any atom is 0.256 e. The zero-order chi connectivity index (χ0) is 19.6. The number of aromatic nitrogens is 4. The first-order chi connectivity index (χ1) is 14.3. The molecule has 1 amide bonds. The number of carbonyl (C=O) groups is 1. The molecule has 7 nitrogen and oxygen atoms in total. The summed E-state index contributed by atoms with van der Waals surface area (Å²) in [5, 5.41) is 11.6. The highest BCUT2D eigenvalue weighted by atomic mass is 16.3. The molecule has 0 aliphatic carbocycles. The van der Waals surface area contributed by atoms with Crippen molar-refractivity contribution in [2.75, 3.05) is 5.32 Å². The van der Waals surface area contributed by atoms with Gasteiger partial charge in [-0.3, -0.25) is 4.79 Å². The SMILES string of the molecule is O=C(Nc1ccccc1-n1ccnn1)c1cc(-c2ccco2)nc2ccccc12. The highest BCUT2D eigenvalue weighted by Crippen LogP contribution is 2.27. The van der Waals surface area contributed by atoms with Gasteiger partial charge in [0.25, 0.3) is 5.91 Å². The smallest absolute Gasteiger partial charge is 0.256 e. The number of amides is 1. The van der Waals surface area contributed by atoms with E-state index in [0.717, 1.165) is 16.6 Å². The number of furan rings is 1. The van der Waals surface area contributed by atoms with E-state index in [2.05, 4.69) is 20.6 Å². The lowest BCUT2D eigenvalue weighted by molar-refractivity contribution is 0.102. The van der Waals surface area contributed by atoms with Crippen LogP contribution < -0.4 is 5.32 Å². The molecule has 1 N–H and O–H groups in total. The number of carbonyl (C=O) groups excluding carboxylic acids is 1. The predicted octanol–water partition coefficient (Wildman–Crippen LogP) is 4.33. The van der Waals surface area contributed by atoms with Crippen molar-refractivity contribution in [3.05, 3.63) is 91.0 Å². The molecule has 0 fully saturated rings. The van der Waals surface area contributed by atoms with Crippen molar-refractivity contribution in [2.24, 2.45) is 0 Å². The number of nitrogens with one attached hydrogen (secondary N) is 1. The average molecular weight is 381 g/mol. The summed E-state index contributed by atoms with van der Waals surface area (Å²) in [5.41, 5.74) is 3.18. The molecule has 140 valence electrons. The number of para-hydroxylation sites is 3. The van der Waals surface area contributed by atoms with Gasteiger partial charge in [-0.25, -0.2) is 9.67 Å². The second-order valence-electron chi connectivity index (χ2n) is 6.37. The van der Waals surface area contributed by atoms with Crippen LogP contribution in [0.4, 0.5) is 5.69 Å². The maximum absolute atomic E-state index is 13.3. The van der Waals surface area contributed by atoms with Crippen molar-refractivity contribution in [1.82, 2.24) is 20.0 Å². The Morgan fingerprint density at radius 1 is 1.00 bits per heavy atom. The molecule has 5 rings (SSSR count). The molecular formula is C22H15N5O2. The highest BCUT2D eigenvalue weighted by molar-refractivity contribution is 6.13. The van der Waals surface area contributed by atoms with E-state index in [1.165, 1.54) is 0 Å². The fourth-order valence-electron chi connectivity index (χ4n) is 3.22. The number of pyridine rings is 1. The summed E-state index contributed by atoms with van der Waals surface area (Å²) in [4.78, 5) is 17.9. The van der Waals surface area contributed by atoms with Crippen LogP contribution >= 0.6 is 0 Å². The molecule has 0 radical (unpaired) electrons. The van der Waals surface area contributed by atoms with Crippen LogP contribution in [-0.2, 0) is 0 Å². The molecule has 0 aliphatic rings. The molecule has 0 spiro atoms. The Morgan fingerprint density at radius 2 is 1.86 bits per heavy atom. The van der Waals surface area contributed by atoms with Crippen molar-refractivity contribution in [2.45, 2.75) is 0 Å². The van der Waals surface area contributed by atoms with E-state index < -0.39 is 0 Å². The van der Waals surface area contributed by atoms with Crippen molar-refractivity contribution in [3.63, 3.8) is 0 Å². The molecule has 0 bridgehead atoms. The Labute approximate surface area is 165 Å². The predicted molar refractivity (Wildman–Crippen MR) is 109 cm³/mol. The molecular weight excluding hydrogens is 366 g/mol. The van der Waals surface area contributed by atoms with E-state index in [4.69, 9.17) is 4.42 Å². The first-order valence-electron chi connectivity index (χ1n) is 9.00. The van der Waals surface area contributed by atoms with Crippen LogP contribution in [0.25, 0.3) is 28.0 Å². The Kier molecular flexibility index (Phi) is 4.10. The number of anilines is 1. The van der Waals surface area contributed by atoms with Crippen molar-refractivity contribution < 1.29 is 9.21 Å². The van der Waals surface area contributed by atoms with Gasteiger partial charge in [0.2, 0.25) is 0 Å². The summed E-state index contributed by atoms with van der Waals surface area (Å²) in [6, 6.07) is 20.3. The molecule has 3 aromatic heterocycles. The van der Waals surface area contributed by atoms with Gasteiger partial charge in [-0.2, -0.15) is 0 Å². The molecule has 0 unspecified atom stereocenters. The molecule has 29 heavy (non-hydrogen) atoms. The van der Waals surface area contributed by atoms with E-state index in [1.54, 1.807) is 35.5 Å². The van der Waals surface area contributed by atoms with Crippen LogP contribution in [0, 0.1) is 0 Å². The first kappa shape index (κ1) is 16.9. The number of nitrogens with zero attached hydrogens (tertiary/aromatic N) is 4. The summed E-state index contributed by atoms with van der Waals surface area (Å²) < 4.78 is 7.08.